The van der Waals surface area contributed by atoms with Crippen LogP contribution in [0.4, 0.5) is 0 Å². The third-order valence-corrected chi connectivity index (χ3v) is 4.05. The first-order valence-corrected chi connectivity index (χ1v) is 8.82. The van der Waals surface area contributed by atoms with Crippen molar-refractivity contribution in [2.75, 3.05) is 33.4 Å². The van der Waals surface area contributed by atoms with Gasteiger partial charge in [-0.25, -0.2) is 4.98 Å². The molecular weight excluding hydrogens is 423 g/mol. The lowest BCUT2D eigenvalue weighted by atomic mass is 9.93. The van der Waals surface area contributed by atoms with Gasteiger partial charge in [-0.3, -0.25) is 4.99 Å². The number of aromatic nitrogens is 1. The van der Waals surface area contributed by atoms with Crippen molar-refractivity contribution in [3.63, 3.8) is 0 Å². The van der Waals surface area contributed by atoms with Crippen LogP contribution in [0.5, 0.6) is 0 Å². The fraction of sp³-hybridized carbons (Fsp3) is 0.750. The van der Waals surface area contributed by atoms with Crippen molar-refractivity contribution in [3.05, 3.63) is 16.1 Å². The Morgan fingerprint density at radius 1 is 1.30 bits per heavy atom. The average Bonchev–Trinajstić information content (AvgIpc) is 2.94. The Kier molecular flexibility index (Phi) is 11.8. The highest BCUT2D eigenvalue weighted by Gasteiger charge is 2.17. The summed E-state index contributed by atoms with van der Waals surface area (Å²) in [6.45, 7) is 11.9. The standard InChI is InChI=1S/C16H30N4OS.HI/c1-6-21-11-7-9-18-15(17-5)19-10-8-14-20-13(12-22-14)16(2,3)4;/h12H,6-11H2,1-5H3,(H2,17,18,19);1H. The molecule has 0 saturated carbocycles. The van der Waals surface area contributed by atoms with Gasteiger partial charge in [-0.15, -0.1) is 35.3 Å². The molecule has 5 nitrogen and oxygen atoms in total. The van der Waals surface area contributed by atoms with Gasteiger partial charge in [-0.1, -0.05) is 20.8 Å². The van der Waals surface area contributed by atoms with Crippen LogP contribution in [0.3, 0.4) is 0 Å². The van der Waals surface area contributed by atoms with E-state index in [1.165, 1.54) is 10.7 Å². The number of nitrogens with one attached hydrogen (secondary N) is 2. The van der Waals surface area contributed by atoms with E-state index >= 15 is 0 Å². The number of rotatable bonds is 8. The van der Waals surface area contributed by atoms with Crippen LogP contribution in [0.2, 0.25) is 0 Å². The maximum atomic E-state index is 5.31. The summed E-state index contributed by atoms with van der Waals surface area (Å²) in [5.74, 6) is 0.837. The second kappa shape index (κ2) is 12.0. The Hall–Kier alpha value is -0.410. The van der Waals surface area contributed by atoms with E-state index in [1.54, 1.807) is 18.4 Å². The lowest BCUT2D eigenvalue weighted by molar-refractivity contribution is 0.145. The highest BCUT2D eigenvalue weighted by Crippen LogP contribution is 2.23. The molecule has 23 heavy (non-hydrogen) atoms. The summed E-state index contributed by atoms with van der Waals surface area (Å²) < 4.78 is 5.31. The minimum atomic E-state index is 0. The van der Waals surface area contributed by atoms with Gasteiger partial charge in [0.25, 0.3) is 0 Å². The third kappa shape index (κ3) is 9.46. The fourth-order valence-corrected chi connectivity index (χ4v) is 2.83. The Morgan fingerprint density at radius 2 is 2.00 bits per heavy atom. The lowest BCUT2D eigenvalue weighted by Gasteiger charge is -2.14. The first-order valence-electron chi connectivity index (χ1n) is 7.94. The maximum Gasteiger partial charge on any atom is 0.190 e. The van der Waals surface area contributed by atoms with Crippen molar-refractivity contribution in [2.45, 2.75) is 46.0 Å². The molecule has 0 aliphatic heterocycles. The molecule has 0 atom stereocenters. The van der Waals surface area contributed by atoms with Crippen LogP contribution in [-0.4, -0.2) is 44.3 Å². The average molecular weight is 454 g/mol. The molecule has 0 spiro atoms. The highest BCUT2D eigenvalue weighted by atomic mass is 127. The van der Waals surface area contributed by atoms with E-state index in [4.69, 9.17) is 9.72 Å². The van der Waals surface area contributed by atoms with Crippen LogP contribution in [0, 0.1) is 0 Å². The molecule has 1 aromatic heterocycles. The Morgan fingerprint density at radius 3 is 2.57 bits per heavy atom. The number of guanidine groups is 1. The van der Waals surface area contributed by atoms with Crippen LogP contribution in [0.25, 0.3) is 0 Å². The predicted molar refractivity (Wildman–Crippen MR) is 110 cm³/mol. The van der Waals surface area contributed by atoms with Crippen molar-refractivity contribution < 1.29 is 4.74 Å². The zero-order chi connectivity index (χ0) is 16.4. The number of halogens is 1. The van der Waals surface area contributed by atoms with Crippen LogP contribution in [-0.2, 0) is 16.6 Å². The normalized spacial score (nSPS) is 12.0. The monoisotopic (exact) mass is 454 g/mol. The van der Waals surface area contributed by atoms with Crippen molar-refractivity contribution in [2.24, 2.45) is 4.99 Å². The van der Waals surface area contributed by atoms with Crippen LogP contribution in [0.1, 0.15) is 44.8 Å². The van der Waals surface area contributed by atoms with Crippen molar-refractivity contribution in [1.29, 1.82) is 0 Å². The van der Waals surface area contributed by atoms with Crippen LogP contribution in [0.15, 0.2) is 10.4 Å². The number of hydrogen-bond donors (Lipinski definition) is 2. The number of aliphatic imine (C=N–C) groups is 1. The quantitative estimate of drug-likeness (QED) is 0.274. The maximum absolute atomic E-state index is 5.31. The molecule has 1 aromatic rings. The molecule has 0 bridgehead atoms. The molecule has 0 radical (unpaired) electrons. The lowest BCUT2D eigenvalue weighted by Crippen LogP contribution is -2.39. The Balaban J connectivity index is 0.00000484. The minimum Gasteiger partial charge on any atom is -0.382 e. The van der Waals surface area contributed by atoms with Crippen LogP contribution < -0.4 is 10.6 Å². The van der Waals surface area contributed by atoms with Gasteiger partial charge in [-0.2, -0.15) is 0 Å². The summed E-state index contributed by atoms with van der Waals surface area (Å²) in [6, 6.07) is 0. The largest absolute Gasteiger partial charge is 0.382 e. The van der Waals surface area contributed by atoms with Crippen molar-refractivity contribution >= 4 is 41.3 Å². The molecular formula is C16H31IN4OS. The molecule has 1 heterocycles. The first-order chi connectivity index (χ1) is 10.5. The summed E-state index contributed by atoms with van der Waals surface area (Å²) in [6.07, 6.45) is 1.90. The molecule has 0 fully saturated rings. The first kappa shape index (κ1) is 22.6. The summed E-state index contributed by atoms with van der Waals surface area (Å²) in [5, 5.41) is 9.94. The van der Waals surface area contributed by atoms with Gasteiger partial charge in [0.15, 0.2) is 5.96 Å². The summed E-state index contributed by atoms with van der Waals surface area (Å²) in [4.78, 5) is 8.92. The van der Waals surface area contributed by atoms with E-state index in [0.29, 0.717) is 0 Å². The number of thiazole rings is 1. The SMILES string of the molecule is CCOCCCNC(=NC)NCCc1nc(C(C)(C)C)cs1.I. The molecule has 0 aliphatic rings. The summed E-state index contributed by atoms with van der Waals surface area (Å²) in [7, 11) is 1.79. The van der Waals surface area contributed by atoms with Gasteiger partial charge in [0.05, 0.1) is 10.7 Å². The van der Waals surface area contributed by atoms with E-state index in [2.05, 4.69) is 41.8 Å². The smallest absolute Gasteiger partial charge is 0.190 e. The topological polar surface area (TPSA) is 58.5 Å². The Labute approximate surface area is 161 Å². The van der Waals surface area contributed by atoms with E-state index in [0.717, 1.165) is 45.1 Å². The van der Waals surface area contributed by atoms with Crippen LogP contribution >= 0.6 is 35.3 Å². The van der Waals surface area contributed by atoms with Crippen molar-refractivity contribution in [1.82, 2.24) is 15.6 Å². The highest BCUT2D eigenvalue weighted by molar-refractivity contribution is 14.0. The van der Waals surface area contributed by atoms with E-state index < -0.39 is 0 Å². The summed E-state index contributed by atoms with van der Waals surface area (Å²) >= 11 is 1.73. The zero-order valence-electron chi connectivity index (χ0n) is 14.9. The molecule has 0 aliphatic carbocycles. The van der Waals surface area contributed by atoms with E-state index in [-0.39, 0.29) is 29.4 Å². The second-order valence-corrected chi connectivity index (χ2v) is 7.05. The number of hydrogen-bond acceptors (Lipinski definition) is 4. The predicted octanol–water partition coefficient (Wildman–Crippen LogP) is 3.19. The van der Waals surface area contributed by atoms with Gasteiger partial charge >= 0.3 is 0 Å². The molecule has 0 saturated heterocycles. The minimum absolute atomic E-state index is 0. The fourth-order valence-electron chi connectivity index (χ4n) is 1.80. The molecule has 134 valence electrons. The van der Waals surface area contributed by atoms with Gasteiger partial charge < -0.3 is 15.4 Å². The van der Waals surface area contributed by atoms with Gasteiger partial charge in [-0.05, 0) is 13.3 Å². The van der Waals surface area contributed by atoms with E-state index in [9.17, 15) is 0 Å². The molecule has 0 unspecified atom stereocenters. The van der Waals surface area contributed by atoms with Crippen molar-refractivity contribution in [3.8, 4) is 0 Å². The number of ether oxygens (including phenoxy) is 1. The number of nitrogens with zero attached hydrogens (tertiary/aromatic N) is 2. The van der Waals surface area contributed by atoms with E-state index in [1.807, 2.05) is 6.92 Å². The van der Waals surface area contributed by atoms with Gasteiger partial charge in [0.2, 0.25) is 0 Å². The Bertz CT molecular complexity index is 457. The zero-order valence-corrected chi connectivity index (χ0v) is 18.1. The summed E-state index contributed by atoms with van der Waals surface area (Å²) in [5.41, 5.74) is 1.30. The molecule has 0 aromatic carbocycles. The third-order valence-electron chi connectivity index (χ3n) is 3.14. The van der Waals surface area contributed by atoms with Gasteiger partial charge in [0, 0.05) is 50.6 Å². The molecule has 7 heteroatoms. The molecule has 1 rings (SSSR count). The second-order valence-electron chi connectivity index (χ2n) is 6.10. The molecule has 0 amide bonds. The molecule has 2 N–H and O–H groups in total. The van der Waals surface area contributed by atoms with Gasteiger partial charge in [0.1, 0.15) is 0 Å².